The molecule has 1 aliphatic heterocycles. The first-order chi connectivity index (χ1) is 16.5. The van der Waals surface area contributed by atoms with Gasteiger partial charge in [-0.3, -0.25) is 9.59 Å². The normalized spacial score (nSPS) is 18.7. The summed E-state index contributed by atoms with van der Waals surface area (Å²) in [5.74, 6) is 3.31. The van der Waals surface area contributed by atoms with E-state index >= 15 is 0 Å². The zero-order chi connectivity index (χ0) is 24.3. The monoisotopic (exact) mass is 490 g/mol. The molecule has 9 heteroatoms. The standard InChI is InChI=1S/C25H38N4O4S/c1-32-21-9-8-18(15-22(21)33-2)16-23(30)29-25(26)28-20(14-17-6-4-3-5-7-17)24(31)27-19-10-12-34-13-11-19/h8-9,15,17,19-20H,3-7,10-14,16H2,1-2H3,(H,27,31)(H3,26,28,29,30)/t20-/m1/s1. The number of carbonyl (C=O) groups is 2. The van der Waals surface area contributed by atoms with Crippen molar-refractivity contribution < 1.29 is 19.1 Å². The molecule has 1 aromatic carbocycles. The van der Waals surface area contributed by atoms with E-state index in [1.807, 2.05) is 11.8 Å². The predicted octanol–water partition coefficient (Wildman–Crippen LogP) is 3.03. The Kier molecular flexibility index (Phi) is 10.4. The van der Waals surface area contributed by atoms with E-state index in [1.165, 1.54) is 19.3 Å². The SMILES string of the molecule is COc1ccc(CC(=O)N=C(N)N[C@H](CC2CCCCC2)C(=O)NC2CCSCC2)cc1OC. The second-order valence-electron chi connectivity index (χ2n) is 9.09. The number of aliphatic imine (C=N–C) groups is 1. The Morgan fingerprint density at radius 3 is 2.47 bits per heavy atom. The number of hydrogen-bond donors (Lipinski definition) is 3. The number of carbonyl (C=O) groups excluding carboxylic acids is 2. The Bertz CT molecular complexity index is 851. The number of amides is 2. The number of nitrogens with one attached hydrogen (secondary N) is 2. The van der Waals surface area contributed by atoms with Gasteiger partial charge in [0.25, 0.3) is 5.91 Å². The second-order valence-corrected chi connectivity index (χ2v) is 10.3. The number of ether oxygens (including phenoxy) is 2. The molecule has 2 amide bonds. The third kappa shape index (κ3) is 8.11. The average molecular weight is 491 g/mol. The van der Waals surface area contributed by atoms with E-state index in [0.29, 0.717) is 23.8 Å². The lowest BCUT2D eigenvalue weighted by atomic mass is 9.84. The molecule has 1 saturated carbocycles. The first kappa shape index (κ1) is 26.2. The second kappa shape index (κ2) is 13.5. The quantitative estimate of drug-likeness (QED) is 0.360. The zero-order valence-electron chi connectivity index (χ0n) is 20.3. The zero-order valence-corrected chi connectivity index (χ0v) is 21.1. The summed E-state index contributed by atoms with van der Waals surface area (Å²) in [5.41, 5.74) is 6.84. The van der Waals surface area contributed by atoms with Crippen LogP contribution in [0, 0.1) is 5.92 Å². The Hall–Kier alpha value is -2.42. The molecule has 1 aliphatic carbocycles. The van der Waals surface area contributed by atoms with Crippen molar-refractivity contribution in [2.45, 2.75) is 69.9 Å². The average Bonchev–Trinajstić information content (AvgIpc) is 2.84. The smallest absolute Gasteiger partial charge is 0.253 e. The first-order valence-corrected chi connectivity index (χ1v) is 13.4. The molecule has 1 saturated heterocycles. The van der Waals surface area contributed by atoms with Gasteiger partial charge in [0.15, 0.2) is 17.5 Å². The van der Waals surface area contributed by atoms with Crippen LogP contribution in [0.25, 0.3) is 0 Å². The summed E-state index contributed by atoms with van der Waals surface area (Å²) in [6, 6.07) is 5.00. The third-order valence-corrected chi connectivity index (χ3v) is 7.60. The molecule has 3 rings (SSSR count). The molecule has 0 unspecified atom stereocenters. The predicted molar refractivity (Wildman–Crippen MR) is 136 cm³/mol. The van der Waals surface area contributed by atoms with Crippen molar-refractivity contribution in [3.05, 3.63) is 23.8 Å². The number of thioether (sulfide) groups is 1. The van der Waals surface area contributed by atoms with Gasteiger partial charge in [-0.15, -0.1) is 0 Å². The van der Waals surface area contributed by atoms with Gasteiger partial charge in [-0.2, -0.15) is 16.8 Å². The van der Waals surface area contributed by atoms with Gasteiger partial charge in [0.05, 0.1) is 20.6 Å². The lowest BCUT2D eigenvalue weighted by molar-refractivity contribution is -0.124. The van der Waals surface area contributed by atoms with E-state index in [4.69, 9.17) is 15.2 Å². The highest BCUT2D eigenvalue weighted by molar-refractivity contribution is 7.99. The van der Waals surface area contributed by atoms with Gasteiger partial charge in [0.1, 0.15) is 6.04 Å². The summed E-state index contributed by atoms with van der Waals surface area (Å²) >= 11 is 1.93. The van der Waals surface area contributed by atoms with Crippen molar-refractivity contribution in [2.75, 3.05) is 25.7 Å². The lowest BCUT2D eigenvalue weighted by Gasteiger charge is -2.29. The minimum absolute atomic E-state index is 0.0133. The molecule has 4 N–H and O–H groups in total. The molecule has 2 fully saturated rings. The van der Waals surface area contributed by atoms with Crippen molar-refractivity contribution in [3.8, 4) is 11.5 Å². The highest BCUT2D eigenvalue weighted by atomic mass is 32.2. The van der Waals surface area contributed by atoms with E-state index < -0.39 is 11.9 Å². The Balaban J connectivity index is 1.63. The molecule has 188 valence electrons. The van der Waals surface area contributed by atoms with Crippen LogP contribution in [0.15, 0.2) is 23.2 Å². The Morgan fingerprint density at radius 2 is 1.79 bits per heavy atom. The van der Waals surface area contributed by atoms with Crippen molar-refractivity contribution in [1.82, 2.24) is 10.6 Å². The molecule has 0 radical (unpaired) electrons. The number of nitrogens with zero attached hydrogens (tertiary/aromatic N) is 1. The van der Waals surface area contributed by atoms with Gasteiger partial charge in [-0.25, -0.2) is 0 Å². The van der Waals surface area contributed by atoms with Crippen LogP contribution in [0.1, 0.15) is 56.9 Å². The van der Waals surface area contributed by atoms with Crippen LogP contribution in [0.2, 0.25) is 0 Å². The largest absolute Gasteiger partial charge is 0.493 e. The molecule has 34 heavy (non-hydrogen) atoms. The summed E-state index contributed by atoms with van der Waals surface area (Å²) in [5, 5.41) is 6.25. The highest BCUT2D eigenvalue weighted by Crippen LogP contribution is 2.28. The van der Waals surface area contributed by atoms with Crippen LogP contribution in [0.4, 0.5) is 0 Å². The number of hydrogen-bond acceptors (Lipinski definition) is 5. The van der Waals surface area contributed by atoms with Crippen LogP contribution < -0.4 is 25.8 Å². The van der Waals surface area contributed by atoms with Crippen LogP contribution >= 0.6 is 11.8 Å². The van der Waals surface area contributed by atoms with Gasteiger partial charge < -0.3 is 25.8 Å². The fraction of sp³-hybridized carbons (Fsp3) is 0.640. The minimum atomic E-state index is -0.490. The van der Waals surface area contributed by atoms with E-state index in [0.717, 1.165) is 42.8 Å². The molecule has 0 aromatic heterocycles. The maximum Gasteiger partial charge on any atom is 0.253 e. The van der Waals surface area contributed by atoms with Crippen LogP contribution in [0.5, 0.6) is 11.5 Å². The summed E-state index contributed by atoms with van der Waals surface area (Å²) in [4.78, 5) is 29.7. The maximum atomic E-state index is 13.1. The molecule has 0 spiro atoms. The fourth-order valence-corrected chi connectivity index (χ4v) is 5.79. The maximum absolute atomic E-state index is 13.1. The summed E-state index contributed by atoms with van der Waals surface area (Å²) < 4.78 is 10.5. The Morgan fingerprint density at radius 1 is 1.09 bits per heavy atom. The molecule has 8 nitrogen and oxygen atoms in total. The van der Waals surface area contributed by atoms with E-state index in [1.54, 1.807) is 32.4 Å². The molecule has 1 aromatic rings. The van der Waals surface area contributed by atoms with Crippen molar-refractivity contribution in [2.24, 2.45) is 16.6 Å². The van der Waals surface area contributed by atoms with Crippen molar-refractivity contribution >= 4 is 29.5 Å². The summed E-state index contributed by atoms with van der Waals surface area (Å²) in [6.45, 7) is 0. The van der Waals surface area contributed by atoms with Gasteiger partial charge in [0, 0.05) is 6.04 Å². The molecular weight excluding hydrogens is 452 g/mol. The Labute approximate surface area is 206 Å². The molecule has 2 aliphatic rings. The van der Waals surface area contributed by atoms with E-state index in [-0.39, 0.29) is 24.3 Å². The number of methoxy groups -OCH3 is 2. The van der Waals surface area contributed by atoms with Gasteiger partial charge in [-0.05, 0) is 54.4 Å². The van der Waals surface area contributed by atoms with Crippen LogP contribution in [-0.4, -0.2) is 55.6 Å². The van der Waals surface area contributed by atoms with E-state index in [2.05, 4.69) is 15.6 Å². The molecular formula is C25H38N4O4S. The number of benzene rings is 1. The molecule has 1 heterocycles. The third-order valence-electron chi connectivity index (χ3n) is 6.55. The fourth-order valence-electron chi connectivity index (χ4n) is 4.68. The number of nitrogens with two attached hydrogens (primary N) is 1. The molecule has 0 bridgehead atoms. The van der Waals surface area contributed by atoms with Crippen LogP contribution in [-0.2, 0) is 16.0 Å². The van der Waals surface area contributed by atoms with Crippen molar-refractivity contribution in [3.63, 3.8) is 0 Å². The number of rotatable bonds is 9. The van der Waals surface area contributed by atoms with E-state index in [9.17, 15) is 9.59 Å². The summed E-state index contributed by atoms with van der Waals surface area (Å²) in [7, 11) is 3.11. The van der Waals surface area contributed by atoms with Crippen LogP contribution in [0.3, 0.4) is 0 Å². The lowest BCUT2D eigenvalue weighted by Crippen LogP contribution is -2.53. The van der Waals surface area contributed by atoms with Crippen molar-refractivity contribution in [1.29, 1.82) is 0 Å². The topological polar surface area (TPSA) is 115 Å². The van der Waals surface area contributed by atoms with Gasteiger partial charge in [0.2, 0.25) is 5.91 Å². The minimum Gasteiger partial charge on any atom is -0.493 e. The van der Waals surface area contributed by atoms with Gasteiger partial charge in [-0.1, -0.05) is 38.2 Å². The summed E-state index contributed by atoms with van der Waals surface area (Å²) in [6.07, 6.45) is 8.66. The first-order valence-electron chi connectivity index (χ1n) is 12.2. The molecule has 1 atom stereocenters. The highest BCUT2D eigenvalue weighted by Gasteiger charge is 2.27. The number of guanidine groups is 1. The van der Waals surface area contributed by atoms with Gasteiger partial charge >= 0.3 is 0 Å².